The van der Waals surface area contributed by atoms with E-state index < -0.39 is 0 Å². The Balaban J connectivity index is 2.09. The van der Waals surface area contributed by atoms with Gasteiger partial charge in [-0.3, -0.25) is 0 Å². The lowest BCUT2D eigenvalue weighted by atomic mass is 10.2. The molecule has 1 aromatic heterocycles. The summed E-state index contributed by atoms with van der Waals surface area (Å²) in [5.41, 5.74) is 8.93. The van der Waals surface area contributed by atoms with E-state index in [4.69, 9.17) is 5.73 Å². The van der Waals surface area contributed by atoms with E-state index >= 15 is 0 Å². The van der Waals surface area contributed by atoms with Crippen LogP contribution in [0.1, 0.15) is 11.1 Å². The number of halogens is 2. The lowest BCUT2D eigenvalue weighted by molar-refractivity contribution is 0.623. The Morgan fingerprint density at radius 1 is 1.10 bits per heavy atom. The minimum Gasteiger partial charge on any atom is -0.343 e. The third-order valence-corrected chi connectivity index (χ3v) is 4.21. The Morgan fingerprint density at radius 3 is 2.70 bits per heavy atom. The van der Waals surface area contributed by atoms with Crippen molar-refractivity contribution in [3.05, 3.63) is 70.1 Å². The van der Waals surface area contributed by atoms with E-state index in [0.29, 0.717) is 13.1 Å². The molecule has 0 saturated carbocycles. The van der Waals surface area contributed by atoms with Crippen LogP contribution in [0.5, 0.6) is 0 Å². The highest BCUT2D eigenvalue weighted by Gasteiger charge is 2.09. The summed E-state index contributed by atoms with van der Waals surface area (Å²) in [5, 5.41) is 1.16. The van der Waals surface area contributed by atoms with E-state index in [0.717, 1.165) is 26.5 Å². The number of aromatic nitrogens is 1. The molecule has 20 heavy (non-hydrogen) atoms. The summed E-state index contributed by atoms with van der Waals surface area (Å²) in [7, 11) is 0. The zero-order chi connectivity index (χ0) is 14.1. The molecule has 3 aromatic rings. The number of rotatable bonds is 3. The van der Waals surface area contributed by atoms with Gasteiger partial charge < -0.3 is 10.3 Å². The lowest BCUT2D eigenvalue weighted by Crippen LogP contribution is -2.00. The Labute approximate surface area is 125 Å². The van der Waals surface area contributed by atoms with Gasteiger partial charge in [0.2, 0.25) is 0 Å². The molecule has 0 radical (unpaired) electrons. The molecule has 4 heteroatoms. The Morgan fingerprint density at radius 2 is 1.90 bits per heavy atom. The van der Waals surface area contributed by atoms with E-state index in [2.05, 4.69) is 32.6 Å². The van der Waals surface area contributed by atoms with Crippen LogP contribution in [0.3, 0.4) is 0 Å². The zero-order valence-corrected chi connectivity index (χ0v) is 12.4. The van der Waals surface area contributed by atoms with Crippen molar-refractivity contribution in [1.29, 1.82) is 0 Å². The standard InChI is InChI=1S/C16H14BrFN2/c17-15-6-5-13(18)7-11(15)9-20-10-12(8-19)14-3-1-2-4-16(14)20/h1-7,10H,8-9,19H2. The third-order valence-electron chi connectivity index (χ3n) is 3.44. The maximum absolute atomic E-state index is 13.4. The zero-order valence-electron chi connectivity index (χ0n) is 10.8. The molecule has 0 unspecified atom stereocenters. The number of nitrogens with two attached hydrogens (primary N) is 1. The van der Waals surface area contributed by atoms with Crippen LogP contribution in [0, 0.1) is 5.82 Å². The summed E-state index contributed by atoms with van der Waals surface area (Å²) in [6.45, 7) is 1.11. The van der Waals surface area contributed by atoms with Gasteiger partial charge in [-0.1, -0.05) is 34.1 Å². The second-order valence-electron chi connectivity index (χ2n) is 4.74. The van der Waals surface area contributed by atoms with Crippen LogP contribution in [0.2, 0.25) is 0 Å². The average Bonchev–Trinajstić information content (AvgIpc) is 2.81. The molecule has 0 bridgehead atoms. The van der Waals surface area contributed by atoms with Gasteiger partial charge in [0.15, 0.2) is 0 Å². The first-order valence-corrected chi connectivity index (χ1v) is 7.19. The molecule has 2 aromatic carbocycles. The molecular formula is C16H14BrFN2. The van der Waals surface area contributed by atoms with E-state index in [1.807, 2.05) is 18.3 Å². The maximum Gasteiger partial charge on any atom is 0.123 e. The second-order valence-corrected chi connectivity index (χ2v) is 5.59. The number of benzene rings is 2. The number of fused-ring (bicyclic) bond motifs is 1. The van der Waals surface area contributed by atoms with Crippen molar-refractivity contribution >= 4 is 26.8 Å². The molecule has 0 atom stereocenters. The fraction of sp³-hybridized carbons (Fsp3) is 0.125. The van der Waals surface area contributed by atoms with E-state index in [-0.39, 0.29) is 5.82 Å². The molecular weight excluding hydrogens is 319 g/mol. The van der Waals surface area contributed by atoms with Crippen molar-refractivity contribution < 1.29 is 4.39 Å². The summed E-state index contributed by atoms with van der Waals surface area (Å²) in [6, 6.07) is 12.9. The molecule has 2 nitrogen and oxygen atoms in total. The molecule has 3 rings (SSSR count). The van der Waals surface area contributed by atoms with Crippen molar-refractivity contribution in [2.24, 2.45) is 5.73 Å². The van der Waals surface area contributed by atoms with Crippen LogP contribution < -0.4 is 5.73 Å². The Bertz CT molecular complexity index is 764. The molecule has 102 valence electrons. The third kappa shape index (κ3) is 2.37. The van der Waals surface area contributed by atoms with Gasteiger partial charge in [-0.25, -0.2) is 4.39 Å². The molecule has 0 spiro atoms. The highest BCUT2D eigenvalue weighted by atomic mass is 79.9. The molecule has 0 aliphatic rings. The van der Waals surface area contributed by atoms with E-state index in [1.165, 1.54) is 6.07 Å². The van der Waals surface area contributed by atoms with Crippen molar-refractivity contribution in [1.82, 2.24) is 4.57 Å². The van der Waals surface area contributed by atoms with Gasteiger partial charge in [-0.2, -0.15) is 0 Å². The van der Waals surface area contributed by atoms with Crippen molar-refractivity contribution in [2.75, 3.05) is 0 Å². The molecule has 0 saturated heterocycles. The summed E-state index contributed by atoms with van der Waals surface area (Å²) >= 11 is 3.47. The number of hydrogen-bond acceptors (Lipinski definition) is 1. The highest BCUT2D eigenvalue weighted by Crippen LogP contribution is 2.24. The summed E-state index contributed by atoms with van der Waals surface area (Å²) < 4.78 is 16.4. The molecule has 1 heterocycles. The van der Waals surface area contributed by atoms with Crippen LogP contribution in [-0.4, -0.2) is 4.57 Å². The minimum atomic E-state index is -0.223. The highest BCUT2D eigenvalue weighted by molar-refractivity contribution is 9.10. The molecule has 0 aliphatic carbocycles. The Hall–Kier alpha value is -1.65. The van der Waals surface area contributed by atoms with Crippen molar-refractivity contribution in [2.45, 2.75) is 13.1 Å². The quantitative estimate of drug-likeness (QED) is 0.770. The van der Waals surface area contributed by atoms with Crippen LogP contribution >= 0.6 is 15.9 Å². The normalized spacial score (nSPS) is 11.2. The number of nitrogens with zero attached hydrogens (tertiary/aromatic N) is 1. The first-order chi connectivity index (χ1) is 9.69. The van der Waals surface area contributed by atoms with Gasteiger partial charge in [-0.05, 0) is 35.4 Å². The van der Waals surface area contributed by atoms with Crippen molar-refractivity contribution in [3.8, 4) is 0 Å². The molecule has 0 aliphatic heterocycles. The minimum absolute atomic E-state index is 0.223. The fourth-order valence-electron chi connectivity index (χ4n) is 2.46. The smallest absolute Gasteiger partial charge is 0.123 e. The van der Waals surface area contributed by atoms with Gasteiger partial charge in [-0.15, -0.1) is 0 Å². The van der Waals surface area contributed by atoms with E-state index in [9.17, 15) is 4.39 Å². The topological polar surface area (TPSA) is 30.9 Å². The lowest BCUT2D eigenvalue weighted by Gasteiger charge is -2.08. The van der Waals surface area contributed by atoms with Gasteiger partial charge in [0, 0.05) is 34.7 Å². The first kappa shape index (κ1) is 13.3. The van der Waals surface area contributed by atoms with Crippen LogP contribution in [0.25, 0.3) is 10.9 Å². The second kappa shape index (κ2) is 5.38. The summed E-state index contributed by atoms with van der Waals surface area (Å²) in [4.78, 5) is 0. The fourth-order valence-corrected chi connectivity index (χ4v) is 2.84. The summed E-state index contributed by atoms with van der Waals surface area (Å²) in [5.74, 6) is -0.223. The number of hydrogen-bond donors (Lipinski definition) is 1. The van der Waals surface area contributed by atoms with Crippen LogP contribution in [0.15, 0.2) is 53.1 Å². The molecule has 0 fully saturated rings. The summed E-state index contributed by atoms with van der Waals surface area (Å²) in [6.07, 6.45) is 2.04. The van der Waals surface area contributed by atoms with E-state index in [1.54, 1.807) is 12.1 Å². The van der Waals surface area contributed by atoms with Gasteiger partial charge in [0.25, 0.3) is 0 Å². The molecule has 2 N–H and O–H groups in total. The maximum atomic E-state index is 13.4. The monoisotopic (exact) mass is 332 g/mol. The predicted molar refractivity (Wildman–Crippen MR) is 83.0 cm³/mol. The number of para-hydroxylation sites is 1. The van der Waals surface area contributed by atoms with Crippen molar-refractivity contribution in [3.63, 3.8) is 0 Å². The SMILES string of the molecule is NCc1cn(Cc2cc(F)ccc2Br)c2ccccc12. The van der Waals surface area contributed by atoms with Crippen LogP contribution in [-0.2, 0) is 13.1 Å². The van der Waals surface area contributed by atoms with Crippen LogP contribution in [0.4, 0.5) is 4.39 Å². The van der Waals surface area contributed by atoms with Gasteiger partial charge in [0.1, 0.15) is 5.82 Å². The Kier molecular flexibility index (Phi) is 3.59. The molecule has 0 amide bonds. The van der Waals surface area contributed by atoms with Gasteiger partial charge >= 0.3 is 0 Å². The first-order valence-electron chi connectivity index (χ1n) is 6.40. The largest absolute Gasteiger partial charge is 0.343 e. The van der Waals surface area contributed by atoms with Gasteiger partial charge in [0.05, 0.1) is 0 Å². The average molecular weight is 333 g/mol. The predicted octanol–water partition coefficient (Wildman–Crippen LogP) is 4.05.